The molecule has 1 saturated carbocycles. The van der Waals surface area contributed by atoms with Crippen molar-refractivity contribution in [2.24, 2.45) is 0 Å². The number of methoxy groups -OCH3 is 2. The zero-order valence-electron chi connectivity index (χ0n) is 16.2. The minimum atomic E-state index is -0.429. The Morgan fingerprint density at radius 1 is 1.17 bits per heavy atom. The highest BCUT2D eigenvalue weighted by Gasteiger charge is 2.34. The standard InChI is InChI=1S/C22H21FN2O4/c1-27-18-8-9-19(20(12-18)28-2)21-11-16(24-29-21)13-25(17-6-7-17)22(26)14-4-3-5-15(23)10-14/h3-5,8-12,17H,6-7,13H2,1-2H3. The van der Waals surface area contributed by atoms with Crippen molar-refractivity contribution in [3.63, 3.8) is 0 Å². The van der Waals surface area contributed by atoms with Gasteiger partial charge in [-0.2, -0.15) is 0 Å². The van der Waals surface area contributed by atoms with E-state index in [4.69, 9.17) is 14.0 Å². The third-order valence-corrected chi connectivity index (χ3v) is 4.89. The van der Waals surface area contributed by atoms with Crippen LogP contribution in [-0.4, -0.2) is 36.2 Å². The van der Waals surface area contributed by atoms with Crippen LogP contribution < -0.4 is 9.47 Å². The maximum absolute atomic E-state index is 13.5. The number of carbonyl (C=O) groups excluding carboxylic acids is 1. The van der Waals surface area contributed by atoms with Crippen LogP contribution in [0.1, 0.15) is 28.9 Å². The number of nitrogens with zero attached hydrogens (tertiary/aromatic N) is 2. The van der Waals surface area contributed by atoms with Gasteiger partial charge in [-0.05, 0) is 43.2 Å². The quantitative estimate of drug-likeness (QED) is 0.596. The molecule has 0 saturated heterocycles. The molecule has 1 amide bonds. The van der Waals surface area contributed by atoms with E-state index in [9.17, 15) is 9.18 Å². The van der Waals surface area contributed by atoms with Gasteiger partial charge in [-0.25, -0.2) is 4.39 Å². The van der Waals surface area contributed by atoms with Crippen molar-refractivity contribution < 1.29 is 23.2 Å². The first-order valence-corrected chi connectivity index (χ1v) is 9.33. The average Bonchev–Trinajstić information content (AvgIpc) is 3.48. The lowest BCUT2D eigenvalue weighted by molar-refractivity contribution is 0.0725. The second-order valence-electron chi connectivity index (χ2n) is 6.92. The molecule has 3 aromatic rings. The lowest BCUT2D eigenvalue weighted by Crippen LogP contribution is -2.32. The molecule has 2 aromatic carbocycles. The summed E-state index contributed by atoms with van der Waals surface area (Å²) in [5.74, 6) is 1.17. The van der Waals surface area contributed by atoms with E-state index in [1.165, 1.54) is 18.2 Å². The Hall–Kier alpha value is -3.35. The summed E-state index contributed by atoms with van der Waals surface area (Å²) >= 11 is 0. The SMILES string of the molecule is COc1ccc(-c2cc(CN(C(=O)c3cccc(F)c3)C3CC3)no2)c(OC)c1. The molecule has 1 heterocycles. The molecule has 0 N–H and O–H groups in total. The summed E-state index contributed by atoms with van der Waals surface area (Å²) in [4.78, 5) is 14.6. The highest BCUT2D eigenvalue weighted by Crippen LogP contribution is 2.35. The third kappa shape index (κ3) is 4.08. The normalized spacial score (nSPS) is 13.2. The van der Waals surface area contributed by atoms with Crippen molar-refractivity contribution in [2.75, 3.05) is 14.2 Å². The van der Waals surface area contributed by atoms with E-state index >= 15 is 0 Å². The van der Waals surface area contributed by atoms with Gasteiger partial charge >= 0.3 is 0 Å². The largest absolute Gasteiger partial charge is 0.497 e. The number of carbonyl (C=O) groups is 1. The van der Waals surface area contributed by atoms with Gasteiger partial charge in [0, 0.05) is 23.7 Å². The summed E-state index contributed by atoms with van der Waals surface area (Å²) in [6.07, 6.45) is 1.86. The Labute approximate surface area is 167 Å². The van der Waals surface area contributed by atoms with E-state index in [0.29, 0.717) is 35.1 Å². The molecule has 0 aliphatic heterocycles. The Bertz CT molecular complexity index is 1030. The molecule has 7 heteroatoms. The second-order valence-corrected chi connectivity index (χ2v) is 6.92. The van der Waals surface area contributed by atoms with Crippen molar-refractivity contribution in [3.05, 3.63) is 65.6 Å². The number of halogens is 1. The molecular weight excluding hydrogens is 375 g/mol. The molecule has 0 unspecified atom stereocenters. The van der Waals surface area contributed by atoms with Gasteiger partial charge in [0.05, 0.1) is 26.3 Å². The smallest absolute Gasteiger partial charge is 0.254 e. The van der Waals surface area contributed by atoms with Crippen LogP contribution in [0.4, 0.5) is 4.39 Å². The minimum absolute atomic E-state index is 0.140. The van der Waals surface area contributed by atoms with Crippen molar-refractivity contribution in [2.45, 2.75) is 25.4 Å². The van der Waals surface area contributed by atoms with E-state index in [0.717, 1.165) is 18.4 Å². The number of benzene rings is 2. The van der Waals surface area contributed by atoms with Gasteiger partial charge in [0.25, 0.3) is 5.91 Å². The van der Waals surface area contributed by atoms with Gasteiger partial charge < -0.3 is 18.9 Å². The molecule has 0 bridgehead atoms. The van der Waals surface area contributed by atoms with Crippen LogP contribution in [0.5, 0.6) is 11.5 Å². The molecule has 0 spiro atoms. The summed E-state index contributed by atoms with van der Waals surface area (Å²) in [6.45, 7) is 0.294. The van der Waals surface area contributed by atoms with E-state index in [2.05, 4.69) is 5.16 Å². The summed E-state index contributed by atoms with van der Waals surface area (Å²) < 4.78 is 29.7. The van der Waals surface area contributed by atoms with Gasteiger partial charge in [0.2, 0.25) is 0 Å². The predicted molar refractivity (Wildman–Crippen MR) is 104 cm³/mol. The molecule has 4 rings (SSSR count). The highest BCUT2D eigenvalue weighted by atomic mass is 19.1. The first-order valence-electron chi connectivity index (χ1n) is 9.33. The van der Waals surface area contributed by atoms with Crippen molar-refractivity contribution >= 4 is 5.91 Å². The van der Waals surface area contributed by atoms with Crippen LogP contribution in [0, 0.1) is 5.82 Å². The van der Waals surface area contributed by atoms with Gasteiger partial charge in [0.15, 0.2) is 5.76 Å². The van der Waals surface area contributed by atoms with Crippen molar-refractivity contribution in [1.29, 1.82) is 0 Å². The minimum Gasteiger partial charge on any atom is -0.497 e. The zero-order chi connectivity index (χ0) is 20.4. The maximum Gasteiger partial charge on any atom is 0.254 e. The molecular formula is C22H21FN2O4. The number of rotatable bonds is 7. The summed E-state index contributed by atoms with van der Waals surface area (Å²) in [7, 11) is 3.16. The van der Waals surface area contributed by atoms with Crippen LogP contribution in [0.3, 0.4) is 0 Å². The second kappa shape index (κ2) is 7.95. The first-order chi connectivity index (χ1) is 14.1. The molecule has 0 atom stereocenters. The molecule has 6 nitrogen and oxygen atoms in total. The van der Waals surface area contributed by atoms with E-state index in [1.54, 1.807) is 37.3 Å². The van der Waals surface area contributed by atoms with E-state index < -0.39 is 5.82 Å². The van der Waals surface area contributed by atoms with Crippen LogP contribution >= 0.6 is 0 Å². The fourth-order valence-electron chi connectivity index (χ4n) is 3.23. The number of hydrogen-bond acceptors (Lipinski definition) is 5. The Kier molecular flexibility index (Phi) is 5.20. The van der Waals surface area contributed by atoms with Crippen molar-refractivity contribution in [1.82, 2.24) is 10.1 Å². The maximum atomic E-state index is 13.5. The molecule has 29 heavy (non-hydrogen) atoms. The van der Waals surface area contributed by atoms with E-state index in [-0.39, 0.29) is 11.9 Å². The fourth-order valence-corrected chi connectivity index (χ4v) is 3.23. The molecule has 1 aliphatic rings. The van der Waals surface area contributed by atoms with Gasteiger partial charge in [-0.3, -0.25) is 4.79 Å². The summed E-state index contributed by atoms with van der Waals surface area (Å²) in [5, 5.41) is 4.12. The molecule has 0 radical (unpaired) electrons. The van der Waals surface area contributed by atoms with Crippen molar-refractivity contribution in [3.8, 4) is 22.8 Å². The van der Waals surface area contributed by atoms with Gasteiger partial charge in [0.1, 0.15) is 23.0 Å². The van der Waals surface area contributed by atoms with Gasteiger partial charge in [-0.1, -0.05) is 11.2 Å². The molecule has 1 aliphatic carbocycles. The molecule has 150 valence electrons. The predicted octanol–water partition coefficient (Wildman–Crippen LogP) is 4.30. The highest BCUT2D eigenvalue weighted by molar-refractivity contribution is 5.94. The lowest BCUT2D eigenvalue weighted by atomic mass is 10.1. The number of aromatic nitrogens is 1. The average molecular weight is 396 g/mol. The molecule has 1 fully saturated rings. The number of amides is 1. The third-order valence-electron chi connectivity index (χ3n) is 4.89. The Morgan fingerprint density at radius 3 is 2.69 bits per heavy atom. The Morgan fingerprint density at radius 2 is 2.00 bits per heavy atom. The first kappa shape index (κ1) is 19.0. The van der Waals surface area contributed by atoms with Crippen LogP contribution in [0.15, 0.2) is 53.1 Å². The number of hydrogen-bond donors (Lipinski definition) is 0. The van der Waals surface area contributed by atoms with Crippen LogP contribution in [0.25, 0.3) is 11.3 Å². The molecule has 1 aromatic heterocycles. The van der Waals surface area contributed by atoms with E-state index in [1.807, 2.05) is 12.1 Å². The monoisotopic (exact) mass is 396 g/mol. The lowest BCUT2D eigenvalue weighted by Gasteiger charge is -2.21. The number of ether oxygens (including phenoxy) is 2. The zero-order valence-corrected chi connectivity index (χ0v) is 16.2. The van der Waals surface area contributed by atoms with Gasteiger partial charge in [-0.15, -0.1) is 0 Å². The topological polar surface area (TPSA) is 64.8 Å². The fraction of sp³-hybridized carbons (Fsp3) is 0.273. The Balaban J connectivity index is 1.57. The van der Waals surface area contributed by atoms with Crippen LogP contribution in [-0.2, 0) is 6.54 Å². The summed E-state index contributed by atoms with van der Waals surface area (Å²) in [5.41, 5.74) is 1.69. The van der Waals surface area contributed by atoms with Crippen LogP contribution in [0.2, 0.25) is 0 Å². The summed E-state index contributed by atoms with van der Waals surface area (Å²) in [6, 6.07) is 13.1.